The average Bonchev–Trinajstić information content (AvgIpc) is 2.42. The highest BCUT2D eigenvalue weighted by Gasteiger charge is 2.09. The van der Waals surface area contributed by atoms with Crippen LogP contribution in [0, 0.1) is 6.92 Å². The van der Waals surface area contributed by atoms with E-state index in [1.807, 2.05) is 7.05 Å². The second-order valence-corrected chi connectivity index (χ2v) is 4.72. The molecule has 1 nitrogen and oxygen atoms in total. The molecule has 1 unspecified atom stereocenters. The molecule has 1 N–H and O–H groups in total. The molecule has 18 heavy (non-hydrogen) atoms. The minimum atomic E-state index is 0.436. The summed E-state index contributed by atoms with van der Waals surface area (Å²) in [6, 6.07) is 19.7. The van der Waals surface area contributed by atoms with Gasteiger partial charge < -0.3 is 5.32 Å². The van der Waals surface area contributed by atoms with Crippen molar-refractivity contribution in [2.75, 3.05) is 7.05 Å². The van der Waals surface area contributed by atoms with Gasteiger partial charge in [-0.3, -0.25) is 0 Å². The van der Waals surface area contributed by atoms with Gasteiger partial charge in [-0.15, -0.1) is 0 Å². The van der Waals surface area contributed by atoms with Gasteiger partial charge in [0.05, 0.1) is 0 Å². The Morgan fingerprint density at radius 1 is 0.944 bits per heavy atom. The Balaban J connectivity index is 2.02. The standard InChI is InChI=1S/C17H21N/c1-14-8-6-7-9-15(14)12-13-17(18-2)16-10-4-3-5-11-16/h3-11,17-18H,12-13H2,1-2H3. The first-order valence-corrected chi connectivity index (χ1v) is 6.58. The Hall–Kier alpha value is -1.60. The van der Waals surface area contributed by atoms with E-state index in [1.165, 1.54) is 16.7 Å². The van der Waals surface area contributed by atoms with Crippen molar-refractivity contribution < 1.29 is 0 Å². The van der Waals surface area contributed by atoms with Crippen LogP contribution in [0.5, 0.6) is 0 Å². The highest BCUT2D eigenvalue weighted by molar-refractivity contribution is 5.26. The monoisotopic (exact) mass is 239 g/mol. The minimum absolute atomic E-state index is 0.436. The maximum Gasteiger partial charge on any atom is 0.0320 e. The largest absolute Gasteiger partial charge is 0.313 e. The second-order valence-electron chi connectivity index (χ2n) is 4.72. The lowest BCUT2D eigenvalue weighted by molar-refractivity contribution is 0.548. The smallest absolute Gasteiger partial charge is 0.0320 e. The third-order valence-electron chi connectivity index (χ3n) is 3.51. The summed E-state index contributed by atoms with van der Waals surface area (Å²) < 4.78 is 0. The summed E-state index contributed by atoms with van der Waals surface area (Å²) in [7, 11) is 2.04. The van der Waals surface area contributed by atoms with Gasteiger partial charge in [-0.25, -0.2) is 0 Å². The van der Waals surface area contributed by atoms with Crippen molar-refractivity contribution in [3.05, 3.63) is 71.3 Å². The molecule has 0 aliphatic rings. The fourth-order valence-electron chi connectivity index (χ4n) is 2.35. The van der Waals surface area contributed by atoms with Crippen LogP contribution in [0.25, 0.3) is 0 Å². The zero-order valence-electron chi connectivity index (χ0n) is 11.2. The predicted octanol–water partition coefficient (Wildman–Crippen LogP) is 3.89. The molecule has 2 aromatic carbocycles. The Morgan fingerprint density at radius 2 is 1.61 bits per heavy atom. The molecule has 2 rings (SSSR count). The van der Waals surface area contributed by atoms with Crippen LogP contribution in [-0.4, -0.2) is 7.05 Å². The number of hydrogen-bond acceptors (Lipinski definition) is 1. The van der Waals surface area contributed by atoms with Crippen LogP contribution in [0.3, 0.4) is 0 Å². The van der Waals surface area contributed by atoms with E-state index in [0.717, 1.165) is 12.8 Å². The number of nitrogens with one attached hydrogen (secondary N) is 1. The molecule has 0 spiro atoms. The summed E-state index contributed by atoms with van der Waals surface area (Å²) in [5, 5.41) is 3.41. The highest BCUT2D eigenvalue weighted by Crippen LogP contribution is 2.19. The van der Waals surface area contributed by atoms with Gasteiger partial charge in [0.15, 0.2) is 0 Å². The van der Waals surface area contributed by atoms with Gasteiger partial charge in [-0.05, 0) is 43.5 Å². The van der Waals surface area contributed by atoms with Gasteiger partial charge in [-0.2, -0.15) is 0 Å². The zero-order chi connectivity index (χ0) is 12.8. The first-order valence-electron chi connectivity index (χ1n) is 6.58. The van der Waals surface area contributed by atoms with Crippen LogP contribution in [-0.2, 0) is 6.42 Å². The minimum Gasteiger partial charge on any atom is -0.313 e. The summed E-state index contributed by atoms with van der Waals surface area (Å²) >= 11 is 0. The molecule has 0 saturated carbocycles. The molecule has 2 aromatic rings. The van der Waals surface area contributed by atoms with E-state index in [4.69, 9.17) is 0 Å². The van der Waals surface area contributed by atoms with E-state index >= 15 is 0 Å². The van der Waals surface area contributed by atoms with Crippen LogP contribution in [0.15, 0.2) is 54.6 Å². The summed E-state index contributed by atoms with van der Waals surface area (Å²) in [4.78, 5) is 0. The van der Waals surface area contributed by atoms with Gasteiger partial charge in [-0.1, -0.05) is 54.6 Å². The van der Waals surface area contributed by atoms with E-state index in [1.54, 1.807) is 0 Å². The van der Waals surface area contributed by atoms with Gasteiger partial charge in [0.1, 0.15) is 0 Å². The first-order chi connectivity index (χ1) is 8.81. The van der Waals surface area contributed by atoms with Gasteiger partial charge in [0, 0.05) is 6.04 Å². The van der Waals surface area contributed by atoms with Crippen molar-refractivity contribution in [3.63, 3.8) is 0 Å². The van der Waals surface area contributed by atoms with E-state index in [-0.39, 0.29) is 0 Å². The fraction of sp³-hybridized carbons (Fsp3) is 0.294. The lowest BCUT2D eigenvalue weighted by atomic mass is 9.97. The third-order valence-corrected chi connectivity index (χ3v) is 3.51. The Labute approximate surface area is 110 Å². The molecule has 0 aliphatic heterocycles. The van der Waals surface area contributed by atoms with Gasteiger partial charge in [0.2, 0.25) is 0 Å². The van der Waals surface area contributed by atoms with Crippen LogP contribution >= 0.6 is 0 Å². The molecule has 94 valence electrons. The lowest BCUT2D eigenvalue weighted by Crippen LogP contribution is -2.17. The topological polar surface area (TPSA) is 12.0 Å². The summed E-state index contributed by atoms with van der Waals surface area (Å²) in [6.45, 7) is 2.19. The number of hydrogen-bond donors (Lipinski definition) is 1. The number of rotatable bonds is 5. The van der Waals surface area contributed by atoms with E-state index in [0.29, 0.717) is 6.04 Å². The van der Waals surface area contributed by atoms with Gasteiger partial charge >= 0.3 is 0 Å². The predicted molar refractivity (Wildman–Crippen MR) is 77.7 cm³/mol. The highest BCUT2D eigenvalue weighted by atomic mass is 14.9. The first kappa shape index (κ1) is 12.8. The molecule has 0 aromatic heterocycles. The summed E-state index contributed by atoms with van der Waals surface area (Å²) in [5.74, 6) is 0. The Morgan fingerprint density at radius 3 is 2.28 bits per heavy atom. The molecule has 0 saturated heterocycles. The summed E-state index contributed by atoms with van der Waals surface area (Å²) in [6.07, 6.45) is 2.25. The van der Waals surface area contributed by atoms with Crippen molar-refractivity contribution in [1.29, 1.82) is 0 Å². The number of benzene rings is 2. The van der Waals surface area contributed by atoms with Crippen molar-refractivity contribution >= 4 is 0 Å². The molecule has 0 aliphatic carbocycles. The van der Waals surface area contributed by atoms with Gasteiger partial charge in [0.25, 0.3) is 0 Å². The quantitative estimate of drug-likeness (QED) is 0.834. The third kappa shape index (κ3) is 3.21. The molecule has 0 radical (unpaired) electrons. The van der Waals surface area contributed by atoms with Crippen molar-refractivity contribution in [2.45, 2.75) is 25.8 Å². The SMILES string of the molecule is CNC(CCc1ccccc1C)c1ccccc1. The van der Waals surface area contributed by atoms with E-state index in [2.05, 4.69) is 66.8 Å². The summed E-state index contributed by atoms with van der Waals surface area (Å²) in [5.41, 5.74) is 4.21. The molecular weight excluding hydrogens is 218 g/mol. The maximum absolute atomic E-state index is 3.41. The normalized spacial score (nSPS) is 12.3. The Bertz CT molecular complexity index is 476. The van der Waals surface area contributed by atoms with Crippen molar-refractivity contribution in [1.82, 2.24) is 5.32 Å². The molecule has 0 amide bonds. The lowest BCUT2D eigenvalue weighted by Gasteiger charge is -2.17. The molecule has 1 heteroatoms. The van der Waals surface area contributed by atoms with Crippen LogP contribution in [0.1, 0.15) is 29.2 Å². The maximum atomic E-state index is 3.41. The molecule has 0 fully saturated rings. The van der Waals surface area contributed by atoms with Crippen LogP contribution in [0.4, 0.5) is 0 Å². The fourth-order valence-corrected chi connectivity index (χ4v) is 2.35. The van der Waals surface area contributed by atoms with Crippen LogP contribution < -0.4 is 5.32 Å². The number of aryl methyl sites for hydroxylation is 2. The van der Waals surface area contributed by atoms with Crippen molar-refractivity contribution in [3.8, 4) is 0 Å². The van der Waals surface area contributed by atoms with Crippen molar-refractivity contribution in [2.24, 2.45) is 0 Å². The van der Waals surface area contributed by atoms with Crippen LogP contribution in [0.2, 0.25) is 0 Å². The Kier molecular flexibility index (Phi) is 4.54. The molecule has 0 heterocycles. The average molecular weight is 239 g/mol. The van der Waals surface area contributed by atoms with E-state index in [9.17, 15) is 0 Å². The second kappa shape index (κ2) is 6.36. The zero-order valence-corrected chi connectivity index (χ0v) is 11.2. The molecule has 1 atom stereocenters. The van der Waals surface area contributed by atoms with E-state index < -0.39 is 0 Å². The molecule has 0 bridgehead atoms. The molecular formula is C17H21N.